The van der Waals surface area contributed by atoms with E-state index in [0.717, 1.165) is 24.8 Å². The van der Waals surface area contributed by atoms with Crippen LogP contribution in [0.2, 0.25) is 0 Å². The van der Waals surface area contributed by atoms with Gasteiger partial charge < -0.3 is 5.32 Å². The van der Waals surface area contributed by atoms with E-state index in [1.54, 1.807) is 11.3 Å². The molecule has 2 heterocycles. The molecule has 3 aromatic rings. The van der Waals surface area contributed by atoms with Crippen molar-refractivity contribution in [2.45, 2.75) is 31.8 Å². The molecule has 7 heteroatoms. The molecule has 1 aromatic carbocycles. The first-order valence-corrected chi connectivity index (χ1v) is 8.91. The molecule has 24 heavy (non-hydrogen) atoms. The number of nitrogens with zero attached hydrogens (tertiary/aromatic N) is 4. The van der Waals surface area contributed by atoms with Crippen molar-refractivity contribution in [2.24, 2.45) is 0 Å². The van der Waals surface area contributed by atoms with Gasteiger partial charge in [-0.25, -0.2) is 0 Å². The summed E-state index contributed by atoms with van der Waals surface area (Å²) in [6, 6.07) is 10.3. The number of benzene rings is 1. The minimum atomic E-state index is -0.0917. The molecule has 1 aliphatic rings. The average molecular weight is 339 g/mol. The van der Waals surface area contributed by atoms with Gasteiger partial charge in [0.25, 0.3) is 0 Å². The molecule has 1 N–H and O–H groups in total. The highest BCUT2D eigenvalue weighted by atomic mass is 32.1. The van der Waals surface area contributed by atoms with Crippen LogP contribution in [0.15, 0.2) is 41.1 Å². The molecule has 0 saturated carbocycles. The number of carbonyl (C=O) groups excluding carboxylic acids is 1. The Morgan fingerprint density at radius 2 is 2.25 bits per heavy atom. The number of amides is 1. The Hall–Kier alpha value is -2.54. The monoisotopic (exact) mass is 339 g/mol. The smallest absolute Gasteiger partial charge is 0.244 e. The first kappa shape index (κ1) is 15.0. The van der Waals surface area contributed by atoms with Crippen molar-refractivity contribution in [3.8, 4) is 11.4 Å². The predicted molar refractivity (Wildman–Crippen MR) is 91.4 cm³/mol. The van der Waals surface area contributed by atoms with Gasteiger partial charge >= 0.3 is 0 Å². The van der Waals surface area contributed by atoms with Gasteiger partial charge in [-0.1, -0.05) is 24.3 Å². The Bertz CT molecular complexity index is 842. The number of hydrogen-bond donors (Lipinski definition) is 1. The van der Waals surface area contributed by atoms with Gasteiger partial charge in [0.05, 0.1) is 6.04 Å². The number of aromatic nitrogens is 4. The molecule has 0 unspecified atom stereocenters. The van der Waals surface area contributed by atoms with Crippen LogP contribution in [0, 0.1) is 0 Å². The van der Waals surface area contributed by atoms with Gasteiger partial charge in [-0.2, -0.15) is 16.1 Å². The molecule has 0 aliphatic heterocycles. The van der Waals surface area contributed by atoms with Crippen molar-refractivity contribution in [3.63, 3.8) is 0 Å². The van der Waals surface area contributed by atoms with E-state index < -0.39 is 0 Å². The van der Waals surface area contributed by atoms with E-state index in [2.05, 4.69) is 32.9 Å². The number of thiophene rings is 1. The summed E-state index contributed by atoms with van der Waals surface area (Å²) in [6.45, 7) is 0.0792. The second-order valence-corrected chi connectivity index (χ2v) is 6.65. The van der Waals surface area contributed by atoms with Crippen LogP contribution in [-0.2, 0) is 17.8 Å². The van der Waals surface area contributed by atoms with E-state index in [9.17, 15) is 4.79 Å². The van der Waals surface area contributed by atoms with Crippen LogP contribution in [0.25, 0.3) is 11.4 Å². The average Bonchev–Trinajstić information content (AvgIpc) is 3.26. The Morgan fingerprint density at radius 3 is 3.12 bits per heavy atom. The van der Waals surface area contributed by atoms with Crippen LogP contribution < -0.4 is 5.32 Å². The molecule has 1 amide bonds. The summed E-state index contributed by atoms with van der Waals surface area (Å²) in [7, 11) is 0. The fraction of sp³-hybridized carbons (Fsp3) is 0.294. The summed E-state index contributed by atoms with van der Waals surface area (Å²) < 4.78 is 0. The van der Waals surface area contributed by atoms with E-state index in [1.807, 2.05) is 29.0 Å². The molecule has 1 aliphatic carbocycles. The first-order valence-electron chi connectivity index (χ1n) is 7.97. The third-order valence-electron chi connectivity index (χ3n) is 4.22. The van der Waals surface area contributed by atoms with Gasteiger partial charge in [0.1, 0.15) is 6.54 Å². The van der Waals surface area contributed by atoms with E-state index in [-0.39, 0.29) is 18.5 Å². The molecule has 1 atom stereocenters. The third-order valence-corrected chi connectivity index (χ3v) is 4.91. The first-order chi connectivity index (χ1) is 11.8. The van der Waals surface area contributed by atoms with Gasteiger partial charge in [-0.15, -0.1) is 10.2 Å². The molecule has 2 aromatic heterocycles. The maximum absolute atomic E-state index is 12.3. The lowest BCUT2D eigenvalue weighted by Gasteiger charge is -2.26. The number of aryl methyl sites for hydroxylation is 1. The number of fused-ring (bicyclic) bond motifs is 1. The second kappa shape index (κ2) is 6.52. The van der Waals surface area contributed by atoms with Crippen molar-refractivity contribution >= 4 is 17.2 Å². The molecule has 0 saturated heterocycles. The number of tetrazole rings is 1. The van der Waals surface area contributed by atoms with Crippen LogP contribution in [-0.4, -0.2) is 26.1 Å². The van der Waals surface area contributed by atoms with Crippen LogP contribution in [0.1, 0.15) is 30.0 Å². The summed E-state index contributed by atoms with van der Waals surface area (Å²) in [5, 5.41) is 19.3. The zero-order chi connectivity index (χ0) is 16.4. The summed E-state index contributed by atoms with van der Waals surface area (Å²) in [5.74, 6) is 0.457. The Kier molecular flexibility index (Phi) is 4.08. The predicted octanol–water partition coefficient (Wildman–Crippen LogP) is 2.60. The molecule has 4 rings (SSSR count). The van der Waals surface area contributed by atoms with Crippen LogP contribution >= 0.6 is 11.3 Å². The van der Waals surface area contributed by atoms with Crippen LogP contribution in [0.3, 0.4) is 0 Å². The van der Waals surface area contributed by atoms with Crippen molar-refractivity contribution in [2.75, 3.05) is 0 Å². The maximum atomic E-state index is 12.3. The summed E-state index contributed by atoms with van der Waals surface area (Å²) >= 11 is 1.58. The topological polar surface area (TPSA) is 72.7 Å². The van der Waals surface area contributed by atoms with Crippen LogP contribution in [0.4, 0.5) is 0 Å². The van der Waals surface area contributed by atoms with Gasteiger partial charge in [-0.3, -0.25) is 4.79 Å². The highest BCUT2D eigenvalue weighted by Crippen LogP contribution is 2.29. The number of rotatable bonds is 4. The highest BCUT2D eigenvalue weighted by Gasteiger charge is 2.21. The quantitative estimate of drug-likeness (QED) is 0.793. The maximum Gasteiger partial charge on any atom is 0.244 e. The number of carbonyl (C=O) groups is 1. The standard InChI is InChI=1S/C17H17N5OS/c23-16(10-22-20-17(19-21-22)13-8-9-24-11-13)18-15-7-3-5-12-4-1-2-6-14(12)15/h1-2,4,6,8-9,11,15H,3,5,7,10H2,(H,18,23)/t15-/m1/s1. The van der Waals surface area contributed by atoms with E-state index in [1.165, 1.54) is 15.9 Å². The van der Waals surface area contributed by atoms with Gasteiger partial charge in [0.2, 0.25) is 11.7 Å². The second-order valence-electron chi connectivity index (χ2n) is 5.87. The molecule has 0 bridgehead atoms. The molecule has 6 nitrogen and oxygen atoms in total. The Balaban J connectivity index is 1.43. The highest BCUT2D eigenvalue weighted by molar-refractivity contribution is 7.08. The molecule has 0 spiro atoms. The minimum absolute atomic E-state index is 0.0716. The minimum Gasteiger partial charge on any atom is -0.348 e. The Labute approximate surface area is 143 Å². The SMILES string of the molecule is O=C(Cn1nnc(-c2ccsc2)n1)N[C@@H]1CCCc2ccccc21. The van der Waals surface area contributed by atoms with E-state index in [4.69, 9.17) is 0 Å². The fourth-order valence-corrected chi connectivity index (χ4v) is 3.72. The van der Waals surface area contributed by atoms with Gasteiger partial charge in [0.15, 0.2) is 0 Å². The fourth-order valence-electron chi connectivity index (χ4n) is 3.09. The van der Waals surface area contributed by atoms with Crippen molar-refractivity contribution in [1.29, 1.82) is 0 Å². The van der Waals surface area contributed by atoms with Crippen molar-refractivity contribution in [3.05, 3.63) is 52.2 Å². The van der Waals surface area contributed by atoms with Gasteiger partial charge in [0, 0.05) is 10.9 Å². The molecule has 0 radical (unpaired) electrons. The third kappa shape index (κ3) is 3.07. The summed E-state index contributed by atoms with van der Waals surface area (Å²) in [4.78, 5) is 13.7. The molecule has 0 fully saturated rings. The molecular formula is C17H17N5OS. The normalized spacial score (nSPS) is 16.6. The summed E-state index contributed by atoms with van der Waals surface area (Å²) in [5.41, 5.74) is 3.48. The zero-order valence-electron chi connectivity index (χ0n) is 13.1. The van der Waals surface area contributed by atoms with E-state index >= 15 is 0 Å². The molecular weight excluding hydrogens is 322 g/mol. The van der Waals surface area contributed by atoms with Crippen molar-refractivity contribution in [1.82, 2.24) is 25.5 Å². The summed E-state index contributed by atoms with van der Waals surface area (Å²) in [6.07, 6.45) is 3.14. The number of hydrogen-bond acceptors (Lipinski definition) is 5. The van der Waals surface area contributed by atoms with Gasteiger partial charge in [-0.05, 0) is 47.0 Å². The molecule has 122 valence electrons. The lowest BCUT2D eigenvalue weighted by atomic mass is 9.88. The number of nitrogens with one attached hydrogen (secondary N) is 1. The largest absolute Gasteiger partial charge is 0.348 e. The van der Waals surface area contributed by atoms with E-state index in [0.29, 0.717) is 5.82 Å². The lowest BCUT2D eigenvalue weighted by molar-refractivity contribution is -0.122. The van der Waals surface area contributed by atoms with Crippen LogP contribution in [0.5, 0.6) is 0 Å². The van der Waals surface area contributed by atoms with Crippen molar-refractivity contribution < 1.29 is 4.79 Å². The lowest BCUT2D eigenvalue weighted by Crippen LogP contribution is -2.34. The Morgan fingerprint density at radius 1 is 1.33 bits per heavy atom. The zero-order valence-corrected chi connectivity index (χ0v) is 13.9.